The molecule has 0 spiro atoms. The van der Waals surface area contributed by atoms with E-state index in [1.165, 1.54) is 12.1 Å². The molecule has 8 heteroatoms. The Hall–Kier alpha value is -4.43. The van der Waals surface area contributed by atoms with Crippen LogP contribution in [0.15, 0.2) is 114 Å². The summed E-state index contributed by atoms with van der Waals surface area (Å²) in [5, 5.41) is 3.25. The van der Waals surface area contributed by atoms with Crippen LogP contribution >= 0.6 is 0 Å². The highest BCUT2D eigenvalue weighted by Crippen LogP contribution is 2.26. The average Bonchev–Trinajstić information content (AvgIpc) is 3.07. The first-order valence-corrected chi connectivity index (χ1v) is 17.5. The van der Waals surface area contributed by atoms with Crippen molar-refractivity contribution in [3.63, 3.8) is 0 Å². The van der Waals surface area contributed by atoms with Gasteiger partial charge < -0.3 is 10.2 Å². The molecule has 0 aliphatic heterocycles. The summed E-state index contributed by atoms with van der Waals surface area (Å²) < 4.78 is 29.4. The van der Waals surface area contributed by atoms with E-state index in [2.05, 4.69) is 5.32 Å². The molecule has 1 N–H and O–H groups in total. The molecule has 0 heterocycles. The largest absolute Gasteiger partial charge is 0.352 e. The molecule has 1 atom stereocenters. The van der Waals surface area contributed by atoms with Gasteiger partial charge in [0.25, 0.3) is 10.0 Å². The Morgan fingerprint density at radius 3 is 2.04 bits per heavy atom. The van der Waals surface area contributed by atoms with Crippen LogP contribution in [0, 0.1) is 13.8 Å². The van der Waals surface area contributed by atoms with Gasteiger partial charge in [-0.3, -0.25) is 13.9 Å². The van der Waals surface area contributed by atoms with E-state index in [9.17, 15) is 18.0 Å². The summed E-state index contributed by atoms with van der Waals surface area (Å²) in [7, 11) is -4.12. The van der Waals surface area contributed by atoms with Crippen LogP contribution in [0.1, 0.15) is 54.4 Å². The lowest BCUT2D eigenvalue weighted by molar-refractivity contribution is -0.140. The number of aryl methyl sites for hydroxylation is 2. The maximum atomic E-state index is 14.6. The summed E-state index contributed by atoms with van der Waals surface area (Å²) in [4.78, 5) is 30.5. The van der Waals surface area contributed by atoms with E-state index in [1.54, 1.807) is 35.2 Å². The van der Waals surface area contributed by atoms with Crippen molar-refractivity contribution in [3.8, 4) is 0 Å². The number of rotatable bonds is 12. The SMILES string of the molecule is Cc1ccc(N(CC(=O)N(Cc2cccc(C)c2)[C@H](Cc2ccccc2)C(=O)NC2CCCCC2)S(=O)(=O)c2ccccc2)cc1. The second-order valence-electron chi connectivity index (χ2n) is 12.2. The van der Waals surface area contributed by atoms with E-state index in [-0.39, 0.29) is 23.4 Å². The number of hydrogen-bond acceptors (Lipinski definition) is 4. The second-order valence-corrected chi connectivity index (χ2v) is 14.1. The Balaban J connectivity index is 1.55. The summed E-state index contributed by atoms with van der Waals surface area (Å²) in [5.41, 5.74) is 4.16. The van der Waals surface area contributed by atoms with Gasteiger partial charge in [0.2, 0.25) is 11.8 Å². The molecular formula is C38H43N3O4S. The molecule has 0 saturated heterocycles. The molecule has 2 amide bonds. The van der Waals surface area contributed by atoms with Gasteiger partial charge in [0.05, 0.1) is 10.6 Å². The average molecular weight is 638 g/mol. The van der Waals surface area contributed by atoms with Crippen LogP contribution in [0.5, 0.6) is 0 Å². The molecule has 1 aliphatic carbocycles. The number of nitrogens with one attached hydrogen (secondary N) is 1. The fraction of sp³-hybridized carbons (Fsp3) is 0.316. The smallest absolute Gasteiger partial charge is 0.264 e. The summed E-state index contributed by atoms with van der Waals surface area (Å²) in [5.74, 6) is -0.675. The van der Waals surface area contributed by atoms with Crippen molar-refractivity contribution in [2.75, 3.05) is 10.8 Å². The lowest BCUT2D eigenvalue weighted by atomic mass is 9.94. The summed E-state index contributed by atoms with van der Waals surface area (Å²) in [6.07, 6.45) is 5.39. The molecule has 0 radical (unpaired) electrons. The number of carbonyl (C=O) groups is 2. The van der Waals surface area contributed by atoms with E-state index < -0.39 is 28.5 Å². The Bertz CT molecular complexity index is 1700. The van der Waals surface area contributed by atoms with Gasteiger partial charge in [-0.25, -0.2) is 8.42 Å². The zero-order valence-corrected chi connectivity index (χ0v) is 27.5. The molecule has 1 fully saturated rings. The molecule has 0 aromatic heterocycles. The third-order valence-electron chi connectivity index (χ3n) is 8.59. The first kappa shape index (κ1) is 32.9. The van der Waals surface area contributed by atoms with Gasteiger partial charge >= 0.3 is 0 Å². The minimum atomic E-state index is -4.12. The highest BCUT2D eigenvalue weighted by atomic mass is 32.2. The molecule has 0 unspecified atom stereocenters. The van der Waals surface area contributed by atoms with Crippen molar-refractivity contribution in [3.05, 3.63) is 131 Å². The normalized spacial score (nSPS) is 14.3. The second kappa shape index (κ2) is 15.2. The Labute approximate surface area is 273 Å². The number of benzene rings is 4. The van der Waals surface area contributed by atoms with Crippen LogP contribution < -0.4 is 9.62 Å². The van der Waals surface area contributed by atoms with E-state index in [0.29, 0.717) is 12.1 Å². The third kappa shape index (κ3) is 8.43. The highest BCUT2D eigenvalue weighted by Gasteiger charge is 2.35. The Kier molecular flexibility index (Phi) is 10.9. The van der Waals surface area contributed by atoms with Gasteiger partial charge in [0.15, 0.2) is 0 Å². The summed E-state index contributed by atoms with van der Waals surface area (Å²) >= 11 is 0. The van der Waals surface area contributed by atoms with Crippen molar-refractivity contribution in [2.24, 2.45) is 0 Å². The van der Waals surface area contributed by atoms with E-state index in [1.807, 2.05) is 80.6 Å². The molecular weight excluding hydrogens is 595 g/mol. The molecule has 240 valence electrons. The van der Waals surface area contributed by atoms with Crippen molar-refractivity contribution in [2.45, 2.75) is 75.9 Å². The van der Waals surface area contributed by atoms with Crippen molar-refractivity contribution in [1.82, 2.24) is 10.2 Å². The quantitative estimate of drug-likeness (QED) is 0.190. The van der Waals surface area contributed by atoms with E-state index in [4.69, 9.17) is 0 Å². The zero-order valence-electron chi connectivity index (χ0n) is 26.6. The molecule has 0 bridgehead atoms. The predicted molar refractivity (Wildman–Crippen MR) is 183 cm³/mol. The minimum Gasteiger partial charge on any atom is -0.352 e. The summed E-state index contributed by atoms with van der Waals surface area (Å²) in [6, 6.07) is 31.9. The summed E-state index contributed by atoms with van der Waals surface area (Å²) in [6.45, 7) is 3.60. The molecule has 1 saturated carbocycles. The fourth-order valence-electron chi connectivity index (χ4n) is 6.06. The van der Waals surface area contributed by atoms with Gasteiger partial charge in [-0.1, -0.05) is 115 Å². The van der Waals surface area contributed by atoms with Gasteiger partial charge in [-0.05, 0) is 62.1 Å². The van der Waals surface area contributed by atoms with Gasteiger partial charge in [0, 0.05) is 19.0 Å². The minimum absolute atomic E-state index is 0.0537. The molecule has 7 nitrogen and oxygen atoms in total. The topological polar surface area (TPSA) is 86.8 Å². The Morgan fingerprint density at radius 2 is 1.39 bits per heavy atom. The zero-order chi connectivity index (χ0) is 32.5. The van der Waals surface area contributed by atoms with Gasteiger partial charge in [0.1, 0.15) is 12.6 Å². The lowest BCUT2D eigenvalue weighted by Crippen LogP contribution is -2.55. The number of hydrogen-bond donors (Lipinski definition) is 1. The third-order valence-corrected chi connectivity index (χ3v) is 10.4. The maximum absolute atomic E-state index is 14.6. The number of anilines is 1. The predicted octanol–water partition coefficient (Wildman–Crippen LogP) is 6.59. The molecule has 5 rings (SSSR count). The Morgan fingerprint density at radius 1 is 0.761 bits per heavy atom. The van der Waals surface area contributed by atoms with Gasteiger partial charge in [-0.2, -0.15) is 0 Å². The van der Waals surface area contributed by atoms with Gasteiger partial charge in [-0.15, -0.1) is 0 Å². The van der Waals surface area contributed by atoms with Crippen molar-refractivity contribution in [1.29, 1.82) is 0 Å². The van der Waals surface area contributed by atoms with Crippen LogP contribution in [0.4, 0.5) is 5.69 Å². The fourth-order valence-corrected chi connectivity index (χ4v) is 7.50. The molecule has 4 aromatic rings. The number of nitrogens with zero attached hydrogens (tertiary/aromatic N) is 2. The number of amides is 2. The van der Waals surface area contributed by atoms with Crippen LogP contribution in [-0.2, 0) is 32.6 Å². The van der Waals surface area contributed by atoms with E-state index >= 15 is 0 Å². The first-order chi connectivity index (χ1) is 22.2. The highest BCUT2D eigenvalue weighted by molar-refractivity contribution is 7.92. The molecule has 46 heavy (non-hydrogen) atoms. The monoisotopic (exact) mass is 637 g/mol. The van der Waals surface area contributed by atoms with E-state index in [0.717, 1.165) is 58.7 Å². The van der Waals surface area contributed by atoms with Crippen molar-refractivity contribution >= 4 is 27.5 Å². The van der Waals surface area contributed by atoms with Crippen LogP contribution in [0.3, 0.4) is 0 Å². The number of sulfonamides is 1. The van der Waals surface area contributed by atoms with Crippen molar-refractivity contribution < 1.29 is 18.0 Å². The van der Waals surface area contributed by atoms with Crippen LogP contribution in [-0.4, -0.2) is 43.8 Å². The standard InChI is InChI=1S/C38H43N3O4S/c1-29-21-23-34(24-22-29)41(46(44,45)35-19-10-5-11-20-35)28-37(42)40(27-32-16-12-13-30(2)25-32)36(26-31-14-6-3-7-15-31)38(43)39-33-17-8-4-9-18-33/h3,5-7,10-16,19-25,33,36H,4,8-9,17-18,26-28H2,1-2H3,(H,39,43)/t36-/m1/s1. The number of carbonyl (C=O) groups excluding carboxylic acids is 2. The first-order valence-electron chi connectivity index (χ1n) is 16.0. The van der Waals surface area contributed by atoms with Crippen LogP contribution in [0.25, 0.3) is 0 Å². The molecule has 1 aliphatic rings. The maximum Gasteiger partial charge on any atom is 0.264 e. The molecule has 4 aromatic carbocycles. The van der Waals surface area contributed by atoms with Crippen LogP contribution in [0.2, 0.25) is 0 Å². The lowest BCUT2D eigenvalue weighted by Gasteiger charge is -2.35.